The fourth-order valence-electron chi connectivity index (χ4n) is 3.90. The number of ether oxygens (including phenoxy) is 1. The molecule has 0 aliphatic heterocycles. The highest BCUT2D eigenvalue weighted by Gasteiger charge is 2.36. The molecule has 1 heterocycles. The fraction of sp³-hybridized carbons (Fsp3) is 0.250. The summed E-state index contributed by atoms with van der Waals surface area (Å²) in [5.41, 5.74) is 2.17. The van der Waals surface area contributed by atoms with Crippen molar-refractivity contribution in [2.75, 3.05) is 5.32 Å². The van der Waals surface area contributed by atoms with Gasteiger partial charge in [-0.15, -0.1) is 0 Å². The Morgan fingerprint density at radius 1 is 1.19 bits per heavy atom. The zero-order valence-electron chi connectivity index (χ0n) is 17.5. The number of carbonyl (C=O) groups excluding carboxylic acids is 1. The molecule has 1 aromatic heterocycles. The molecule has 0 radical (unpaired) electrons. The van der Waals surface area contributed by atoms with Crippen LogP contribution in [-0.4, -0.2) is 16.8 Å². The molecule has 0 spiro atoms. The van der Waals surface area contributed by atoms with Crippen molar-refractivity contribution in [2.24, 2.45) is 10.6 Å². The van der Waals surface area contributed by atoms with E-state index in [-0.39, 0.29) is 11.2 Å². The number of nitrogens with one attached hydrogen (secondary N) is 1. The summed E-state index contributed by atoms with van der Waals surface area (Å²) in [7, 11) is 0. The number of benzene rings is 2. The van der Waals surface area contributed by atoms with Crippen molar-refractivity contribution < 1.29 is 19.2 Å². The Bertz CT molecular complexity index is 1170. The third-order valence-electron chi connectivity index (χ3n) is 5.28. The number of para-hydroxylation sites is 1. The molecule has 3 aromatic rings. The molecule has 0 fully saturated rings. The standard InChI is InChI=1S/C24H23ClN2O4/c1-14-21-18(27-29)12-24(2,3)13-20(21)31-22(14)23(28)26-17-11-15(25)9-10-19(17)30-16-7-5-4-6-8-16/h4-11,29H,12-13H2,1-3H3,(H,26,28)/b27-18-. The van der Waals surface area contributed by atoms with Crippen molar-refractivity contribution in [3.63, 3.8) is 0 Å². The van der Waals surface area contributed by atoms with E-state index in [2.05, 4.69) is 24.3 Å². The molecule has 0 unspecified atom stereocenters. The summed E-state index contributed by atoms with van der Waals surface area (Å²) >= 11 is 6.16. The highest BCUT2D eigenvalue weighted by molar-refractivity contribution is 6.31. The second-order valence-electron chi connectivity index (χ2n) is 8.43. The van der Waals surface area contributed by atoms with E-state index < -0.39 is 5.91 Å². The average Bonchev–Trinajstić information content (AvgIpc) is 3.05. The van der Waals surface area contributed by atoms with Crippen molar-refractivity contribution in [1.29, 1.82) is 0 Å². The number of rotatable bonds is 4. The summed E-state index contributed by atoms with van der Waals surface area (Å²) in [5.74, 6) is 1.49. The van der Waals surface area contributed by atoms with Gasteiger partial charge in [0.05, 0.1) is 11.4 Å². The van der Waals surface area contributed by atoms with E-state index in [0.717, 1.165) is 0 Å². The summed E-state index contributed by atoms with van der Waals surface area (Å²) in [6.07, 6.45) is 1.25. The van der Waals surface area contributed by atoms with E-state index in [1.807, 2.05) is 30.3 Å². The monoisotopic (exact) mass is 438 g/mol. The van der Waals surface area contributed by atoms with E-state index in [9.17, 15) is 10.0 Å². The third-order valence-corrected chi connectivity index (χ3v) is 5.52. The maximum Gasteiger partial charge on any atom is 0.291 e. The number of hydrogen-bond donors (Lipinski definition) is 2. The third kappa shape index (κ3) is 4.30. The minimum absolute atomic E-state index is 0.129. The van der Waals surface area contributed by atoms with Gasteiger partial charge in [-0.3, -0.25) is 4.79 Å². The predicted molar refractivity (Wildman–Crippen MR) is 120 cm³/mol. The molecular formula is C24H23ClN2O4. The lowest BCUT2D eigenvalue weighted by Gasteiger charge is -2.28. The Morgan fingerprint density at radius 3 is 2.65 bits per heavy atom. The molecule has 0 saturated heterocycles. The zero-order chi connectivity index (χ0) is 22.2. The van der Waals surface area contributed by atoms with Gasteiger partial charge in [-0.25, -0.2) is 0 Å². The predicted octanol–water partition coefficient (Wildman–Crippen LogP) is 6.44. The van der Waals surface area contributed by atoms with Crippen LogP contribution in [0, 0.1) is 12.3 Å². The van der Waals surface area contributed by atoms with Crippen molar-refractivity contribution in [2.45, 2.75) is 33.6 Å². The van der Waals surface area contributed by atoms with Crippen LogP contribution < -0.4 is 10.1 Å². The number of furan rings is 1. The van der Waals surface area contributed by atoms with Gasteiger partial charge in [0.25, 0.3) is 5.91 Å². The minimum atomic E-state index is -0.429. The molecule has 160 valence electrons. The molecule has 4 rings (SSSR count). The second-order valence-corrected chi connectivity index (χ2v) is 8.86. The van der Waals surface area contributed by atoms with Gasteiger partial charge < -0.3 is 19.7 Å². The van der Waals surface area contributed by atoms with Crippen molar-refractivity contribution >= 4 is 28.9 Å². The maximum atomic E-state index is 13.1. The Labute approximate surface area is 185 Å². The van der Waals surface area contributed by atoms with E-state index in [0.29, 0.717) is 57.6 Å². The molecule has 0 bridgehead atoms. The summed E-state index contributed by atoms with van der Waals surface area (Å²) in [4.78, 5) is 13.1. The Morgan fingerprint density at radius 2 is 1.94 bits per heavy atom. The van der Waals surface area contributed by atoms with Crippen LogP contribution in [0.25, 0.3) is 0 Å². The highest BCUT2D eigenvalue weighted by Crippen LogP contribution is 2.39. The number of nitrogens with zero attached hydrogens (tertiary/aromatic N) is 1. The lowest BCUT2D eigenvalue weighted by molar-refractivity contribution is 0.0992. The number of hydrogen-bond acceptors (Lipinski definition) is 5. The minimum Gasteiger partial charge on any atom is -0.455 e. The summed E-state index contributed by atoms with van der Waals surface area (Å²) in [6.45, 7) is 5.93. The van der Waals surface area contributed by atoms with E-state index in [1.54, 1.807) is 25.1 Å². The maximum absolute atomic E-state index is 13.1. The van der Waals surface area contributed by atoms with Crippen LogP contribution in [0.4, 0.5) is 5.69 Å². The Hall–Kier alpha value is -3.25. The van der Waals surface area contributed by atoms with E-state index in [4.69, 9.17) is 20.8 Å². The van der Waals surface area contributed by atoms with Gasteiger partial charge >= 0.3 is 0 Å². The fourth-order valence-corrected chi connectivity index (χ4v) is 4.07. The molecular weight excluding hydrogens is 416 g/mol. The molecule has 1 aliphatic rings. The largest absolute Gasteiger partial charge is 0.455 e. The van der Waals surface area contributed by atoms with Crippen molar-refractivity contribution in [1.82, 2.24) is 0 Å². The van der Waals surface area contributed by atoms with E-state index in [1.165, 1.54) is 0 Å². The molecule has 31 heavy (non-hydrogen) atoms. The van der Waals surface area contributed by atoms with Crippen LogP contribution in [0.5, 0.6) is 11.5 Å². The summed E-state index contributed by atoms with van der Waals surface area (Å²) in [6, 6.07) is 14.3. The number of halogens is 1. The van der Waals surface area contributed by atoms with Crippen LogP contribution in [-0.2, 0) is 6.42 Å². The summed E-state index contributed by atoms with van der Waals surface area (Å²) in [5, 5.41) is 16.3. The first-order valence-electron chi connectivity index (χ1n) is 9.95. The van der Waals surface area contributed by atoms with Gasteiger partial charge in [-0.05, 0) is 49.1 Å². The molecule has 2 aromatic carbocycles. The van der Waals surface area contributed by atoms with Crippen LogP contribution in [0.3, 0.4) is 0 Å². The van der Waals surface area contributed by atoms with Crippen LogP contribution >= 0.6 is 11.6 Å². The van der Waals surface area contributed by atoms with Gasteiger partial charge in [0, 0.05) is 22.6 Å². The number of fused-ring (bicyclic) bond motifs is 1. The number of oxime groups is 1. The summed E-state index contributed by atoms with van der Waals surface area (Å²) < 4.78 is 11.9. The molecule has 2 N–H and O–H groups in total. The number of amides is 1. The normalized spacial score (nSPS) is 16.1. The lowest BCUT2D eigenvalue weighted by Crippen LogP contribution is -2.27. The van der Waals surface area contributed by atoms with Gasteiger partial charge in [0.2, 0.25) is 0 Å². The molecule has 0 atom stereocenters. The lowest BCUT2D eigenvalue weighted by atomic mass is 9.75. The Kier molecular flexibility index (Phi) is 5.50. The van der Waals surface area contributed by atoms with Crippen LogP contribution in [0.15, 0.2) is 58.1 Å². The highest BCUT2D eigenvalue weighted by atomic mass is 35.5. The van der Waals surface area contributed by atoms with Gasteiger partial charge in [-0.1, -0.05) is 48.8 Å². The first-order valence-corrected chi connectivity index (χ1v) is 10.3. The molecule has 0 saturated carbocycles. The topological polar surface area (TPSA) is 84.1 Å². The number of anilines is 1. The average molecular weight is 439 g/mol. The zero-order valence-corrected chi connectivity index (χ0v) is 18.3. The SMILES string of the molecule is Cc1c(C(=O)Nc2cc(Cl)ccc2Oc2ccccc2)oc2c1/C(=N\O)CC(C)(C)C2. The quantitative estimate of drug-likeness (QED) is 0.362. The van der Waals surface area contributed by atoms with Crippen molar-refractivity contribution in [3.05, 3.63) is 76.2 Å². The molecule has 7 heteroatoms. The van der Waals surface area contributed by atoms with Gasteiger partial charge in [0.15, 0.2) is 11.5 Å². The molecule has 1 aliphatic carbocycles. The van der Waals surface area contributed by atoms with E-state index >= 15 is 0 Å². The van der Waals surface area contributed by atoms with Crippen molar-refractivity contribution in [3.8, 4) is 11.5 Å². The van der Waals surface area contributed by atoms with Crippen LogP contribution in [0.1, 0.15) is 47.7 Å². The molecule has 6 nitrogen and oxygen atoms in total. The smallest absolute Gasteiger partial charge is 0.291 e. The second kappa shape index (κ2) is 8.12. The Balaban J connectivity index is 1.66. The first-order chi connectivity index (χ1) is 14.8. The first kappa shape index (κ1) is 21.0. The van der Waals surface area contributed by atoms with Crippen LogP contribution in [0.2, 0.25) is 5.02 Å². The molecule has 1 amide bonds. The van der Waals surface area contributed by atoms with Gasteiger partial charge in [0.1, 0.15) is 11.5 Å². The number of carbonyl (C=O) groups is 1. The van der Waals surface area contributed by atoms with Gasteiger partial charge in [-0.2, -0.15) is 0 Å².